The Morgan fingerprint density at radius 3 is 2.67 bits per heavy atom. The maximum Gasteiger partial charge on any atom is 0.0619 e. The smallest absolute Gasteiger partial charge is 0.0619 e. The maximum absolute atomic E-state index is 5.59. The van der Waals surface area contributed by atoms with Crippen LogP contribution in [0.1, 0.15) is 51.9 Å². The first kappa shape index (κ1) is 13.0. The molecule has 1 fully saturated rings. The minimum atomic E-state index is 0.567. The lowest BCUT2D eigenvalue weighted by Gasteiger charge is -2.18. The zero-order valence-electron chi connectivity index (χ0n) is 10.4. The fraction of sp³-hybridized carbons (Fsp3) is 1.00. The molecule has 0 spiro atoms. The van der Waals surface area contributed by atoms with Crippen LogP contribution in [0.4, 0.5) is 0 Å². The van der Waals surface area contributed by atoms with Gasteiger partial charge < -0.3 is 10.1 Å². The zero-order chi connectivity index (χ0) is 10.9. The Hall–Kier alpha value is -0.0800. The normalized spacial score (nSPS) is 19.6. The average Bonchev–Trinajstić information content (AvgIpc) is 2.76. The fourth-order valence-electron chi connectivity index (χ4n) is 2.42. The van der Waals surface area contributed by atoms with Gasteiger partial charge in [-0.25, -0.2) is 0 Å². The Morgan fingerprint density at radius 2 is 2.07 bits per heavy atom. The van der Waals surface area contributed by atoms with Crippen LogP contribution in [0.15, 0.2) is 0 Å². The SMILES string of the molecule is CCCOCC(CCC1CCCC1)NC. The van der Waals surface area contributed by atoms with Gasteiger partial charge in [0.2, 0.25) is 0 Å². The summed E-state index contributed by atoms with van der Waals surface area (Å²) in [5, 5.41) is 3.36. The van der Waals surface area contributed by atoms with Crippen molar-refractivity contribution in [2.45, 2.75) is 57.9 Å². The largest absolute Gasteiger partial charge is 0.380 e. The van der Waals surface area contributed by atoms with Crippen LogP contribution in [0.2, 0.25) is 0 Å². The molecule has 1 unspecified atom stereocenters. The van der Waals surface area contributed by atoms with Crippen molar-refractivity contribution < 1.29 is 4.74 Å². The third-order valence-corrected chi connectivity index (χ3v) is 3.47. The van der Waals surface area contributed by atoms with Gasteiger partial charge in [0.1, 0.15) is 0 Å². The van der Waals surface area contributed by atoms with Crippen LogP contribution in [0.25, 0.3) is 0 Å². The van der Waals surface area contributed by atoms with Gasteiger partial charge in [0.05, 0.1) is 6.61 Å². The second-order valence-corrected chi connectivity index (χ2v) is 4.79. The third kappa shape index (κ3) is 5.53. The van der Waals surface area contributed by atoms with Gasteiger partial charge in [-0.05, 0) is 32.2 Å². The lowest BCUT2D eigenvalue weighted by Crippen LogP contribution is -2.30. The van der Waals surface area contributed by atoms with Crippen LogP contribution in [-0.4, -0.2) is 26.3 Å². The Kier molecular flexibility index (Phi) is 7.03. The van der Waals surface area contributed by atoms with E-state index in [1.54, 1.807) is 0 Å². The molecule has 0 saturated heterocycles. The summed E-state index contributed by atoms with van der Waals surface area (Å²) in [7, 11) is 2.05. The Bertz CT molecular complexity index is 143. The highest BCUT2D eigenvalue weighted by Gasteiger charge is 2.16. The molecule has 1 atom stereocenters. The van der Waals surface area contributed by atoms with Crippen molar-refractivity contribution in [2.75, 3.05) is 20.3 Å². The van der Waals surface area contributed by atoms with E-state index >= 15 is 0 Å². The molecular formula is C13H27NO. The number of nitrogens with one attached hydrogen (secondary N) is 1. The van der Waals surface area contributed by atoms with E-state index < -0.39 is 0 Å². The molecule has 15 heavy (non-hydrogen) atoms. The number of likely N-dealkylation sites (N-methyl/N-ethyl adjacent to an activating group) is 1. The van der Waals surface area contributed by atoms with Crippen molar-refractivity contribution >= 4 is 0 Å². The summed E-state index contributed by atoms with van der Waals surface area (Å²) in [6, 6.07) is 0.567. The van der Waals surface area contributed by atoms with Crippen LogP contribution >= 0.6 is 0 Å². The van der Waals surface area contributed by atoms with Crippen molar-refractivity contribution in [3.8, 4) is 0 Å². The van der Waals surface area contributed by atoms with E-state index in [9.17, 15) is 0 Å². The first-order chi connectivity index (χ1) is 7.36. The Labute approximate surface area is 94.8 Å². The molecule has 1 saturated carbocycles. The molecule has 0 aromatic carbocycles. The van der Waals surface area contributed by atoms with E-state index in [1.807, 2.05) is 0 Å². The monoisotopic (exact) mass is 213 g/mol. The molecule has 0 heterocycles. The highest BCUT2D eigenvalue weighted by atomic mass is 16.5. The van der Waals surface area contributed by atoms with Crippen LogP contribution in [0, 0.1) is 5.92 Å². The molecule has 1 aliphatic rings. The lowest BCUT2D eigenvalue weighted by atomic mass is 9.99. The summed E-state index contributed by atoms with van der Waals surface area (Å²) in [6.45, 7) is 3.95. The first-order valence-electron chi connectivity index (χ1n) is 6.61. The zero-order valence-corrected chi connectivity index (χ0v) is 10.4. The molecule has 1 aliphatic carbocycles. The molecule has 0 bridgehead atoms. The van der Waals surface area contributed by atoms with Gasteiger partial charge >= 0.3 is 0 Å². The van der Waals surface area contributed by atoms with Crippen molar-refractivity contribution in [2.24, 2.45) is 5.92 Å². The van der Waals surface area contributed by atoms with Gasteiger partial charge in [-0.15, -0.1) is 0 Å². The van der Waals surface area contributed by atoms with Crippen molar-refractivity contribution in [1.82, 2.24) is 5.32 Å². The molecule has 1 N–H and O–H groups in total. The van der Waals surface area contributed by atoms with E-state index in [1.165, 1.54) is 38.5 Å². The standard InChI is InChI=1S/C13H27NO/c1-3-10-15-11-13(14-2)9-8-12-6-4-5-7-12/h12-14H,3-11H2,1-2H3. The third-order valence-electron chi connectivity index (χ3n) is 3.47. The van der Waals surface area contributed by atoms with E-state index in [0.29, 0.717) is 6.04 Å². The van der Waals surface area contributed by atoms with E-state index in [4.69, 9.17) is 4.74 Å². The second-order valence-electron chi connectivity index (χ2n) is 4.79. The Morgan fingerprint density at radius 1 is 1.33 bits per heavy atom. The lowest BCUT2D eigenvalue weighted by molar-refractivity contribution is 0.109. The fourth-order valence-corrected chi connectivity index (χ4v) is 2.42. The highest BCUT2D eigenvalue weighted by Crippen LogP contribution is 2.28. The molecule has 0 radical (unpaired) electrons. The van der Waals surface area contributed by atoms with Crippen LogP contribution in [0.3, 0.4) is 0 Å². The summed E-state index contributed by atoms with van der Waals surface area (Å²) in [6.07, 6.45) is 9.64. The van der Waals surface area contributed by atoms with E-state index in [2.05, 4.69) is 19.3 Å². The predicted octanol–water partition coefficient (Wildman–Crippen LogP) is 2.97. The maximum atomic E-state index is 5.59. The minimum Gasteiger partial charge on any atom is -0.380 e. The number of hydrogen-bond acceptors (Lipinski definition) is 2. The average molecular weight is 213 g/mol. The number of rotatable bonds is 8. The Balaban J connectivity index is 2.04. The predicted molar refractivity (Wildman–Crippen MR) is 65.1 cm³/mol. The number of hydrogen-bond donors (Lipinski definition) is 1. The highest BCUT2D eigenvalue weighted by molar-refractivity contribution is 4.71. The van der Waals surface area contributed by atoms with Gasteiger partial charge in [-0.1, -0.05) is 32.6 Å². The van der Waals surface area contributed by atoms with Crippen LogP contribution in [-0.2, 0) is 4.74 Å². The molecule has 2 heteroatoms. The summed E-state index contributed by atoms with van der Waals surface area (Å²) in [5.41, 5.74) is 0. The van der Waals surface area contributed by atoms with E-state index in [-0.39, 0.29) is 0 Å². The molecule has 0 aliphatic heterocycles. The van der Waals surface area contributed by atoms with Crippen molar-refractivity contribution in [3.05, 3.63) is 0 Å². The second kappa shape index (κ2) is 8.12. The van der Waals surface area contributed by atoms with E-state index in [0.717, 1.165) is 25.6 Å². The van der Waals surface area contributed by atoms with Gasteiger partial charge in [0, 0.05) is 12.6 Å². The first-order valence-corrected chi connectivity index (χ1v) is 6.61. The van der Waals surface area contributed by atoms with Crippen molar-refractivity contribution in [1.29, 1.82) is 0 Å². The molecule has 0 aromatic rings. The van der Waals surface area contributed by atoms with Crippen molar-refractivity contribution in [3.63, 3.8) is 0 Å². The van der Waals surface area contributed by atoms with Gasteiger partial charge in [0.25, 0.3) is 0 Å². The molecule has 2 nitrogen and oxygen atoms in total. The molecule has 90 valence electrons. The molecule has 1 rings (SSSR count). The molecular weight excluding hydrogens is 186 g/mol. The quantitative estimate of drug-likeness (QED) is 0.626. The van der Waals surface area contributed by atoms with Crippen LogP contribution in [0.5, 0.6) is 0 Å². The van der Waals surface area contributed by atoms with Gasteiger partial charge in [0.15, 0.2) is 0 Å². The minimum absolute atomic E-state index is 0.567. The summed E-state index contributed by atoms with van der Waals surface area (Å²) < 4.78 is 5.59. The van der Waals surface area contributed by atoms with Gasteiger partial charge in [-0.3, -0.25) is 0 Å². The number of ether oxygens (including phenoxy) is 1. The molecule has 0 amide bonds. The van der Waals surface area contributed by atoms with Crippen LogP contribution < -0.4 is 5.32 Å². The topological polar surface area (TPSA) is 21.3 Å². The summed E-state index contributed by atoms with van der Waals surface area (Å²) in [5.74, 6) is 1.01. The molecule has 0 aromatic heterocycles. The summed E-state index contributed by atoms with van der Waals surface area (Å²) >= 11 is 0. The van der Waals surface area contributed by atoms with Gasteiger partial charge in [-0.2, -0.15) is 0 Å². The summed E-state index contributed by atoms with van der Waals surface area (Å²) in [4.78, 5) is 0.